The Morgan fingerprint density at radius 1 is 1.46 bits per heavy atom. The van der Waals surface area contributed by atoms with Crippen LogP contribution in [0.4, 0.5) is 4.39 Å². The van der Waals surface area contributed by atoms with E-state index in [4.69, 9.17) is 4.74 Å². The van der Waals surface area contributed by atoms with Gasteiger partial charge in [-0.05, 0) is 38.0 Å². The van der Waals surface area contributed by atoms with Gasteiger partial charge in [-0.25, -0.2) is 9.37 Å². The number of aromatic nitrogens is 2. The highest BCUT2D eigenvalue weighted by Gasteiger charge is 2.28. The van der Waals surface area contributed by atoms with Crippen molar-refractivity contribution < 1.29 is 13.9 Å². The van der Waals surface area contributed by atoms with E-state index >= 15 is 0 Å². The third kappa shape index (κ3) is 3.13. The summed E-state index contributed by atoms with van der Waals surface area (Å²) in [4.78, 5) is 19.0. The molecule has 0 aliphatic carbocycles. The minimum absolute atomic E-state index is 0.143. The molecule has 1 fully saturated rings. The molecule has 24 heavy (non-hydrogen) atoms. The van der Waals surface area contributed by atoms with Crippen molar-refractivity contribution in [1.29, 1.82) is 0 Å². The van der Waals surface area contributed by atoms with Crippen LogP contribution in [0, 0.1) is 5.82 Å². The van der Waals surface area contributed by atoms with Crippen LogP contribution in [0.2, 0.25) is 0 Å². The molecule has 1 aliphatic rings. The summed E-state index contributed by atoms with van der Waals surface area (Å²) in [5, 5.41) is 0. The molecular weight excluding hydrogens is 309 g/mol. The summed E-state index contributed by atoms with van der Waals surface area (Å²) in [7, 11) is 1.41. The Kier molecular flexibility index (Phi) is 4.83. The molecule has 0 N–H and O–H groups in total. The van der Waals surface area contributed by atoms with Gasteiger partial charge in [0.25, 0.3) is 5.91 Å². The summed E-state index contributed by atoms with van der Waals surface area (Å²) in [6.07, 6.45) is 5.71. The van der Waals surface area contributed by atoms with Crippen LogP contribution in [0.15, 0.2) is 30.6 Å². The molecule has 1 aromatic carbocycles. The third-order valence-corrected chi connectivity index (χ3v) is 4.56. The van der Waals surface area contributed by atoms with Gasteiger partial charge in [0.15, 0.2) is 11.6 Å². The summed E-state index contributed by atoms with van der Waals surface area (Å²) >= 11 is 0. The van der Waals surface area contributed by atoms with E-state index in [0.29, 0.717) is 18.7 Å². The Labute approximate surface area is 141 Å². The van der Waals surface area contributed by atoms with Gasteiger partial charge in [-0.3, -0.25) is 4.79 Å². The number of likely N-dealkylation sites (tertiary alicyclic amines) is 1. The molecular formula is C18H22FN3O2. The molecule has 2 aromatic rings. The van der Waals surface area contributed by atoms with Crippen molar-refractivity contribution in [2.24, 2.45) is 0 Å². The summed E-state index contributed by atoms with van der Waals surface area (Å²) in [6.45, 7) is 4.25. The van der Waals surface area contributed by atoms with Gasteiger partial charge in [0.1, 0.15) is 5.82 Å². The Morgan fingerprint density at radius 3 is 3.00 bits per heavy atom. The molecule has 1 aromatic heterocycles. The first-order valence-corrected chi connectivity index (χ1v) is 8.28. The second-order valence-electron chi connectivity index (χ2n) is 6.01. The van der Waals surface area contributed by atoms with Crippen LogP contribution in [0.5, 0.6) is 5.75 Å². The fraction of sp³-hybridized carbons (Fsp3) is 0.444. The van der Waals surface area contributed by atoms with E-state index in [1.165, 1.54) is 19.2 Å². The molecule has 2 heterocycles. The lowest BCUT2D eigenvalue weighted by molar-refractivity contribution is 0.0703. The lowest BCUT2D eigenvalue weighted by Gasteiger charge is -2.32. The number of imidazole rings is 1. The highest BCUT2D eigenvalue weighted by molar-refractivity contribution is 5.94. The number of hydrogen-bond acceptors (Lipinski definition) is 3. The lowest BCUT2D eigenvalue weighted by atomic mass is 9.96. The minimum atomic E-state index is -0.515. The maximum absolute atomic E-state index is 13.9. The number of benzene rings is 1. The number of methoxy groups -OCH3 is 1. The second kappa shape index (κ2) is 7.03. The molecule has 0 radical (unpaired) electrons. The van der Waals surface area contributed by atoms with Crippen LogP contribution in [-0.4, -0.2) is 40.6 Å². The third-order valence-electron chi connectivity index (χ3n) is 4.56. The van der Waals surface area contributed by atoms with Gasteiger partial charge in [-0.1, -0.05) is 0 Å². The summed E-state index contributed by atoms with van der Waals surface area (Å²) in [5.74, 6) is 0.735. The first-order valence-electron chi connectivity index (χ1n) is 8.28. The van der Waals surface area contributed by atoms with E-state index in [1.807, 2.05) is 6.20 Å². The average Bonchev–Trinajstić information content (AvgIpc) is 3.10. The molecule has 0 bridgehead atoms. The second-order valence-corrected chi connectivity index (χ2v) is 6.01. The number of carbonyl (C=O) groups excluding carboxylic acids is 1. The van der Waals surface area contributed by atoms with Gasteiger partial charge in [0.05, 0.1) is 7.11 Å². The van der Waals surface area contributed by atoms with Crippen molar-refractivity contribution in [3.05, 3.63) is 47.8 Å². The number of piperidine rings is 1. The fourth-order valence-corrected chi connectivity index (χ4v) is 3.30. The number of nitrogens with zero attached hydrogens (tertiary/aromatic N) is 3. The summed E-state index contributed by atoms with van der Waals surface area (Å²) < 4.78 is 20.9. The van der Waals surface area contributed by atoms with Crippen LogP contribution in [0.1, 0.15) is 41.9 Å². The highest BCUT2D eigenvalue weighted by atomic mass is 19.1. The molecule has 128 valence electrons. The van der Waals surface area contributed by atoms with Gasteiger partial charge in [0.2, 0.25) is 0 Å². The van der Waals surface area contributed by atoms with Crippen LogP contribution in [-0.2, 0) is 6.54 Å². The molecule has 1 amide bonds. The maximum Gasteiger partial charge on any atom is 0.253 e. The number of aryl methyl sites for hydroxylation is 1. The van der Waals surface area contributed by atoms with E-state index in [9.17, 15) is 9.18 Å². The van der Waals surface area contributed by atoms with Crippen LogP contribution in [0.25, 0.3) is 0 Å². The van der Waals surface area contributed by atoms with E-state index in [2.05, 4.69) is 16.5 Å². The first-order chi connectivity index (χ1) is 11.6. The van der Waals surface area contributed by atoms with Crippen LogP contribution < -0.4 is 4.74 Å². The highest BCUT2D eigenvalue weighted by Crippen LogP contribution is 2.27. The molecule has 6 heteroatoms. The molecule has 3 rings (SSSR count). The number of halogens is 1. The number of carbonyl (C=O) groups is 1. The smallest absolute Gasteiger partial charge is 0.253 e. The number of rotatable bonds is 4. The largest absolute Gasteiger partial charge is 0.494 e. The van der Waals surface area contributed by atoms with Crippen molar-refractivity contribution in [3.8, 4) is 5.75 Å². The topological polar surface area (TPSA) is 47.4 Å². The van der Waals surface area contributed by atoms with Crippen LogP contribution in [0.3, 0.4) is 0 Å². The van der Waals surface area contributed by atoms with Gasteiger partial charge < -0.3 is 14.2 Å². The monoisotopic (exact) mass is 331 g/mol. The molecule has 1 saturated heterocycles. The standard InChI is InChI=1S/C18H22FN3O2/c1-3-21-10-8-20-17(21)14-5-4-9-22(12-14)18(23)13-6-7-16(24-2)15(19)11-13/h6-8,10-11,14H,3-5,9,12H2,1-2H3. The van der Waals surface area contributed by atoms with E-state index < -0.39 is 5.82 Å². The zero-order chi connectivity index (χ0) is 17.1. The van der Waals surface area contributed by atoms with Gasteiger partial charge in [-0.15, -0.1) is 0 Å². The van der Waals surface area contributed by atoms with E-state index in [0.717, 1.165) is 25.2 Å². The molecule has 0 saturated carbocycles. The van der Waals surface area contributed by atoms with E-state index in [1.54, 1.807) is 17.2 Å². The summed E-state index contributed by atoms with van der Waals surface area (Å²) in [6, 6.07) is 4.35. The van der Waals surface area contributed by atoms with Crippen molar-refractivity contribution in [3.63, 3.8) is 0 Å². The van der Waals surface area contributed by atoms with Gasteiger partial charge in [0, 0.05) is 43.5 Å². The Morgan fingerprint density at radius 2 is 2.29 bits per heavy atom. The quantitative estimate of drug-likeness (QED) is 0.865. The van der Waals surface area contributed by atoms with Crippen molar-refractivity contribution in [2.75, 3.05) is 20.2 Å². The minimum Gasteiger partial charge on any atom is -0.494 e. The number of hydrogen-bond donors (Lipinski definition) is 0. The normalized spacial score (nSPS) is 17.8. The molecule has 1 unspecified atom stereocenters. The predicted octanol–water partition coefficient (Wildman–Crippen LogP) is 3.07. The first kappa shape index (κ1) is 16.5. The maximum atomic E-state index is 13.9. The van der Waals surface area contributed by atoms with Crippen molar-refractivity contribution in [2.45, 2.75) is 32.2 Å². The lowest BCUT2D eigenvalue weighted by Crippen LogP contribution is -2.39. The fourth-order valence-electron chi connectivity index (χ4n) is 3.30. The Hall–Kier alpha value is -2.37. The SMILES string of the molecule is CCn1ccnc1C1CCCN(C(=O)c2ccc(OC)c(F)c2)C1. The Balaban J connectivity index is 1.77. The average molecular weight is 331 g/mol. The van der Waals surface area contributed by atoms with Crippen LogP contribution >= 0.6 is 0 Å². The molecule has 1 aliphatic heterocycles. The van der Waals surface area contributed by atoms with Gasteiger partial charge in [-0.2, -0.15) is 0 Å². The zero-order valence-electron chi connectivity index (χ0n) is 14.0. The molecule has 5 nitrogen and oxygen atoms in total. The van der Waals surface area contributed by atoms with Crippen molar-refractivity contribution >= 4 is 5.91 Å². The van der Waals surface area contributed by atoms with E-state index in [-0.39, 0.29) is 17.6 Å². The zero-order valence-corrected chi connectivity index (χ0v) is 14.0. The predicted molar refractivity (Wildman–Crippen MR) is 88.7 cm³/mol. The number of ether oxygens (including phenoxy) is 1. The van der Waals surface area contributed by atoms with Gasteiger partial charge >= 0.3 is 0 Å². The number of amides is 1. The molecule has 0 spiro atoms. The Bertz CT molecular complexity index is 729. The van der Waals surface area contributed by atoms with Crippen molar-refractivity contribution in [1.82, 2.24) is 14.5 Å². The molecule has 1 atom stereocenters. The summed E-state index contributed by atoms with van der Waals surface area (Å²) in [5.41, 5.74) is 0.354.